The molecule has 3 nitrogen and oxygen atoms in total. The smallest absolute Gasteiger partial charge is 0.188 e. The van der Waals surface area contributed by atoms with E-state index in [0.717, 1.165) is 0 Å². The van der Waals surface area contributed by atoms with E-state index in [-0.39, 0.29) is 10.6 Å². The molecule has 1 unspecified atom stereocenters. The lowest BCUT2D eigenvalue weighted by molar-refractivity contribution is 0.0975. The molecule has 1 heterocycles. The van der Waals surface area contributed by atoms with Gasteiger partial charge in [0.1, 0.15) is 17.5 Å². The van der Waals surface area contributed by atoms with E-state index in [1.807, 2.05) is 13.0 Å². The van der Waals surface area contributed by atoms with Gasteiger partial charge >= 0.3 is 0 Å². The van der Waals surface area contributed by atoms with E-state index in [1.165, 1.54) is 30.5 Å². The van der Waals surface area contributed by atoms with Gasteiger partial charge < -0.3 is 4.42 Å². The molecular formula is C15H11ClFNO2. The molecule has 1 aromatic heterocycles. The van der Waals surface area contributed by atoms with Crippen molar-refractivity contribution in [1.82, 2.24) is 0 Å². The largest absolute Gasteiger partial charge is 0.469 e. The number of rotatable bonds is 4. The highest BCUT2D eigenvalue weighted by atomic mass is 35.5. The fourth-order valence-corrected chi connectivity index (χ4v) is 2.18. The van der Waals surface area contributed by atoms with E-state index in [1.54, 1.807) is 0 Å². The van der Waals surface area contributed by atoms with Crippen LogP contribution in [-0.2, 0) is 6.42 Å². The van der Waals surface area contributed by atoms with E-state index in [4.69, 9.17) is 16.0 Å². The molecule has 1 atom stereocenters. The van der Waals surface area contributed by atoms with Crippen molar-refractivity contribution in [2.24, 2.45) is 0 Å². The first kappa shape index (κ1) is 14.3. The van der Waals surface area contributed by atoms with Crippen molar-refractivity contribution < 1.29 is 13.6 Å². The van der Waals surface area contributed by atoms with E-state index >= 15 is 0 Å². The number of hydrogen-bond acceptors (Lipinski definition) is 3. The summed E-state index contributed by atoms with van der Waals surface area (Å²) in [6, 6.07) is 7.60. The number of furan rings is 1. The van der Waals surface area contributed by atoms with Crippen LogP contribution < -0.4 is 0 Å². The monoisotopic (exact) mass is 291 g/mol. The third-order valence-electron chi connectivity index (χ3n) is 3.02. The number of aryl methyl sites for hydroxylation is 1. The van der Waals surface area contributed by atoms with Crippen molar-refractivity contribution in [2.75, 3.05) is 0 Å². The first-order valence-electron chi connectivity index (χ1n) is 6.04. The fraction of sp³-hybridized carbons (Fsp3) is 0.200. The van der Waals surface area contributed by atoms with Crippen molar-refractivity contribution in [1.29, 1.82) is 5.26 Å². The Morgan fingerprint density at radius 1 is 1.50 bits per heavy atom. The van der Waals surface area contributed by atoms with Gasteiger partial charge in [0.15, 0.2) is 5.78 Å². The van der Waals surface area contributed by atoms with Crippen LogP contribution in [0.3, 0.4) is 0 Å². The number of carbonyl (C=O) groups excluding carboxylic acids is 1. The highest BCUT2D eigenvalue weighted by Gasteiger charge is 2.28. The molecule has 0 N–H and O–H groups in total. The van der Waals surface area contributed by atoms with Crippen LogP contribution in [0.4, 0.5) is 4.39 Å². The second-order valence-corrected chi connectivity index (χ2v) is 4.59. The van der Waals surface area contributed by atoms with Gasteiger partial charge in [-0.1, -0.05) is 30.7 Å². The molecule has 0 spiro atoms. The van der Waals surface area contributed by atoms with Crippen molar-refractivity contribution >= 4 is 17.4 Å². The summed E-state index contributed by atoms with van der Waals surface area (Å²) in [7, 11) is 0. The third kappa shape index (κ3) is 2.45. The molecule has 20 heavy (non-hydrogen) atoms. The average Bonchev–Trinajstić information content (AvgIpc) is 2.92. The van der Waals surface area contributed by atoms with Crippen molar-refractivity contribution in [2.45, 2.75) is 19.3 Å². The number of halogens is 2. The summed E-state index contributed by atoms with van der Waals surface area (Å²) in [6.07, 6.45) is 1.90. The number of hydrogen-bond donors (Lipinski definition) is 0. The van der Waals surface area contributed by atoms with Crippen LogP contribution in [-0.4, -0.2) is 5.78 Å². The zero-order valence-electron chi connectivity index (χ0n) is 10.7. The van der Waals surface area contributed by atoms with Gasteiger partial charge in [0.05, 0.1) is 22.9 Å². The molecule has 2 aromatic rings. The zero-order chi connectivity index (χ0) is 14.7. The lowest BCUT2D eigenvalue weighted by Crippen LogP contribution is -2.13. The molecule has 1 aromatic carbocycles. The summed E-state index contributed by atoms with van der Waals surface area (Å²) >= 11 is 5.69. The fourth-order valence-electron chi connectivity index (χ4n) is 2.00. The van der Waals surface area contributed by atoms with Gasteiger partial charge in [-0.05, 0) is 12.1 Å². The SMILES string of the molecule is CCc1occc1C(=O)C(C#N)c1cccc(Cl)c1F. The molecule has 0 saturated carbocycles. The molecule has 0 aliphatic rings. The maximum absolute atomic E-state index is 14.0. The number of Topliss-reactive ketones (excluding diaryl/α,β-unsaturated/α-hetero) is 1. The topological polar surface area (TPSA) is 54.0 Å². The molecule has 0 amide bonds. The summed E-state index contributed by atoms with van der Waals surface area (Å²) in [6.45, 7) is 1.83. The number of nitrogens with zero attached hydrogens (tertiary/aromatic N) is 1. The Bertz CT molecular complexity index is 687. The van der Waals surface area contributed by atoms with Crippen molar-refractivity contribution in [3.05, 3.63) is 58.3 Å². The summed E-state index contributed by atoms with van der Waals surface area (Å²) in [5.74, 6) is -1.98. The van der Waals surface area contributed by atoms with Crippen LogP contribution >= 0.6 is 11.6 Å². The van der Waals surface area contributed by atoms with E-state index < -0.39 is 17.5 Å². The first-order chi connectivity index (χ1) is 9.60. The van der Waals surface area contributed by atoms with Crippen molar-refractivity contribution in [3.8, 4) is 6.07 Å². The summed E-state index contributed by atoms with van der Waals surface area (Å²) in [4.78, 5) is 12.4. The van der Waals surface area contributed by atoms with Crippen LogP contribution in [0, 0.1) is 17.1 Å². The van der Waals surface area contributed by atoms with Crippen LogP contribution in [0.25, 0.3) is 0 Å². The molecule has 5 heteroatoms. The number of nitriles is 1. The number of ketones is 1. The predicted molar refractivity (Wildman–Crippen MR) is 72.2 cm³/mol. The number of benzene rings is 1. The van der Waals surface area contributed by atoms with Gasteiger partial charge in [0, 0.05) is 12.0 Å². The Morgan fingerprint density at radius 2 is 2.25 bits per heavy atom. The molecule has 0 aliphatic carbocycles. The Labute approximate surface area is 120 Å². The molecule has 0 radical (unpaired) electrons. The van der Waals surface area contributed by atoms with Gasteiger partial charge in [0.25, 0.3) is 0 Å². The Morgan fingerprint density at radius 3 is 2.90 bits per heavy atom. The summed E-state index contributed by atoms with van der Waals surface area (Å²) in [5, 5.41) is 9.10. The number of carbonyl (C=O) groups is 1. The molecule has 0 bridgehead atoms. The van der Waals surface area contributed by atoms with Crippen LogP contribution in [0.5, 0.6) is 0 Å². The molecule has 102 valence electrons. The normalized spacial score (nSPS) is 11.9. The molecule has 0 aliphatic heterocycles. The highest BCUT2D eigenvalue weighted by molar-refractivity contribution is 6.30. The molecule has 0 fully saturated rings. The Kier molecular flexibility index (Phi) is 4.21. The van der Waals surface area contributed by atoms with Gasteiger partial charge in [0.2, 0.25) is 0 Å². The lowest BCUT2D eigenvalue weighted by Gasteiger charge is -2.10. The summed E-state index contributed by atoms with van der Waals surface area (Å²) < 4.78 is 19.1. The van der Waals surface area contributed by atoms with Gasteiger partial charge in [-0.25, -0.2) is 4.39 Å². The first-order valence-corrected chi connectivity index (χ1v) is 6.42. The second kappa shape index (κ2) is 5.89. The van der Waals surface area contributed by atoms with Gasteiger partial charge in [-0.3, -0.25) is 4.79 Å². The molecule has 2 rings (SSSR count). The van der Waals surface area contributed by atoms with Crippen LogP contribution in [0.2, 0.25) is 5.02 Å². The summed E-state index contributed by atoms with van der Waals surface area (Å²) in [5.41, 5.74) is 0.284. The van der Waals surface area contributed by atoms with Crippen LogP contribution in [0.15, 0.2) is 34.9 Å². The zero-order valence-corrected chi connectivity index (χ0v) is 11.4. The van der Waals surface area contributed by atoms with E-state index in [9.17, 15) is 14.4 Å². The van der Waals surface area contributed by atoms with Gasteiger partial charge in [-0.2, -0.15) is 5.26 Å². The average molecular weight is 292 g/mol. The minimum absolute atomic E-state index is 0.0201. The van der Waals surface area contributed by atoms with Gasteiger partial charge in [-0.15, -0.1) is 0 Å². The quantitative estimate of drug-likeness (QED) is 0.796. The lowest BCUT2D eigenvalue weighted by atomic mass is 9.91. The van der Waals surface area contributed by atoms with Crippen LogP contribution in [0.1, 0.15) is 34.5 Å². The maximum atomic E-state index is 14.0. The van der Waals surface area contributed by atoms with Crippen molar-refractivity contribution in [3.63, 3.8) is 0 Å². The second-order valence-electron chi connectivity index (χ2n) is 4.18. The Balaban J connectivity index is 2.46. The van der Waals surface area contributed by atoms with E-state index in [0.29, 0.717) is 17.7 Å². The maximum Gasteiger partial charge on any atom is 0.188 e. The molecular weight excluding hydrogens is 281 g/mol. The third-order valence-corrected chi connectivity index (χ3v) is 3.31. The molecule has 0 saturated heterocycles. The minimum Gasteiger partial charge on any atom is -0.469 e. The Hall–Kier alpha value is -2.12. The highest BCUT2D eigenvalue weighted by Crippen LogP contribution is 2.28. The minimum atomic E-state index is -1.24. The predicted octanol–water partition coefficient (Wildman–Crippen LogP) is 4.12. The van der Waals surface area contributed by atoms with E-state index in [2.05, 4.69) is 0 Å². The standard InChI is InChI=1S/C15H11ClFNO2/c1-2-13-10(6-7-20-13)15(19)11(8-18)9-4-3-5-12(16)14(9)17/h3-7,11H,2H2,1H3.